The van der Waals surface area contributed by atoms with E-state index in [-0.39, 0.29) is 22.8 Å². The third-order valence-electron chi connectivity index (χ3n) is 3.34. The Bertz CT molecular complexity index is 581. The predicted molar refractivity (Wildman–Crippen MR) is 71.8 cm³/mol. The Morgan fingerprint density at radius 1 is 1.35 bits per heavy atom. The fourth-order valence-electron chi connectivity index (χ4n) is 2.28. The lowest BCUT2D eigenvalue weighted by Crippen LogP contribution is -3.00. The molecule has 0 bridgehead atoms. The molecule has 1 aromatic carbocycles. The second-order valence-electron chi connectivity index (χ2n) is 4.93. The number of ether oxygens (including phenoxy) is 1. The van der Waals surface area contributed by atoms with Gasteiger partial charge in [-0.3, -0.25) is 0 Å². The van der Waals surface area contributed by atoms with Gasteiger partial charge in [-0.1, -0.05) is 0 Å². The van der Waals surface area contributed by atoms with Crippen molar-refractivity contribution in [2.75, 3.05) is 7.11 Å². The van der Waals surface area contributed by atoms with E-state index in [2.05, 4.69) is 29.9 Å². The predicted octanol–water partition coefficient (Wildman–Crippen LogP) is -0.135. The first-order valence-electron chi connectivity index (χ1n) is 6.42. The van der Waals surface area contributed by atoms with Crippen LogP contribution in [0.5, 0.6) is 5.75 Å². The number of methoxy groups -OCH3 is 1. The van der Waals surface area contributed by atoms with Gasteiger partial charge in [-0.15, -0.1) is 0 Å². The number of benzene rings is 1. The van der Waals surface area contributed by atoms with Gasteiger partial charge in [0, 0.05) is 12.5 Å². The van der Waals surface area contributed by atoms with Crippen molar-refractivity contribution in [1.82, 2.24) is 4.57 Å². The highest BCUT2D eigenvalue weighted by Gasteiger charge is 2.16. The van der Waals surface area contributed by atoms with Crippen LogP contribution in [0.2, 0.25) is 0 Å². The number of aromatic nitrogens is 2. The molecule has 0 aliphatic rings. The second-order valence-corrected chi connectivity index (χ2v) is 4.93. The zero-order valence-electron chi connectivity index (χ0n) is 12.2. The quantitative estimate of drug-likeness (QED) is 0.707. The van der Waals surface area contributed by atoms with Crippen molar-refractivity contribution in [3.05, 3.63) is 47.8 Å². The second kappa shape index (κ2) is 6.88. The third kappa shape index (κ3) is 3.39. The zero-order chi connectivity index (χ0) is 14.0. The molecule has 3 nitrogen and oxygen atoms in total. The summed E-state index contributed by atoms with van der Waals surface area (Å²) in [5, 5.41) is 0. The van der Waals surface area contributed by atoms with Crippen LogP contribution in [-0.2, 0) is 6.54 Å². The maximum Gasteiger partial charge on any atom is 0.253 e. The van der Waals surface area contributed by atoms with E-state index in [1.807, 2.05) is 12.4 Å². The van der Waals surface area contributed by atoms with E-state index in [1.165, 1.54) is 12.1 Å². The van der Waals surface area contributed by atoms with Crippen LogP contribution >= 0.6 is 0 Å². The van der Waals surface area contributed by atoms with Gasteiger partial charge < -0.3 is 21.7 Å². The maximum atomic E-state index is 13.4. The lowest BCUT2D eigenvalue weighted by molar-refractivity contribution is -0.694. The summed E-state index contributed by atoms with van der Waals surface area (Å²) in [6.07, 6.45) is 4.06. The summed E-state index contributed by atoms with van der Waals surface area (Å²) in [6, 6.07) is 5.02. The molecule has 2 rings (SSSR count). The first-order chi connectivity index (χ1) is 9.02. The highest BCUT2D eigenvalue weighted by Crippen LogP contribution is 2.19. The summed E-state index contributed by atoms with van der Waals surface area (Å²) in [7, 11) is 1.60. The molecular formula is C15H20BrFN2O. The van der Waals surface area contributed by atoms with Gasteiger partial charge in [-0.25, -0.2) is 13.5 Å². The Morgan fingerprint density at radius 3 is 2.60 bits per heavy atom. The highest BCUT2D eigenvalue weighted by atomic mass is 79.9. The van der Waals surface area contributed by atoms with Gasteiger partial charge in [0.05, 0.1) is 13.2 Å². The Hall–Kier alpha value is -1.36. The van der Waals surface area contributed by atoms with Crippen molar-refractivity contribution in [2.24, 2.45) is 0 Å². The summed E-state index contributed by atoms with van der Waals surface area (Å²) in [6.45, 7) is 6.94. The van der Waals surface area contributed by atoms with Crippen LogP contribution in [0.4, 0.5) is 4.39 Å². The molecule has 0 saturated heterocycles. The van der Waals surface area contributed by atoms with E-state index in [1.54, 1.807) is 13.2 Å². The molecule has 0 unspecified atom stereocenters. The minimum atomic E-state index is -0.239. The Labute approximate surface area is 129 Å². The van der Waals surface area contributed by atoms with Crippen LogP contribution in [0, 0.1) is 12.7 Å². The molecule has 0 radical (unpaired) electrons. The summed E-state index contributed by atoms with van der Waals surface area (Å²) in [5.41, 5.74) is 0.845. The molecule has 0 spiro atoms. The van der Waals surface area contributed by atoms with E-state index in [0.29, 0.717) is 18.3 Å². The first-order valence-corrected chi connectivity index (χ1v) is 6.42. The largest absolute Gasteiger partial charge is 1.00 e. The van der Waals surface area contributed by atoms with Gasteiger partial charge in [-0.2, -0.15) is 0 Å². The van der Waals surface area contributed by atoms with Crippen molar-refractivity contribution in [2.45, 2.75) is 33.4 Å². The van der Waals surface area contributed by atoms with Crippen LogP contribution in [-0.4, -0.2) is 11.7 Å². The molecule has 0 amide bonds. The molecule has 5 heteroatoms. The lowest BCUT2D eigenvalue weighted by atomic mass is 10.2. The number of imidazole rings is 1. The molecule has 20 heavy (non-hydrogen) atoms. The van der Waals surface area contributed by atoms with Crippen LogP contribution < -0.4 is 26.3 Å². The fourth-order valence-corrected chi connectivity index (χ4v) is 2.28. The smallest absolute Gasteiger partial charge is 0.253 e. The van der Waals surface area contributed by atoms with Gasteiger partial charge >= 0.3 is 0 Å². The topological polar surface area (TPSA) is 18.0 Å². The average Bonchev–Trinajstić information content (AvgIpc) is 2.71. The number of nitrogens with zero attached hydrogens (tertiary/aromatic N) is 2. The molecule has 0 aliphatic heterocycles. The summed E-state index contributed by atoms with van der Waals surface area (Å²) in [4.78, 5) is 0. The van der Waals surface area contributed by atoms with E-state index in [0.717, 1.165) is 11.4 Å². The minimum Gasteiger partial charge on any atom is -1.00 e. The molecule has 0 N–H and O–H groups in total. The monoisotopic (exact) mass is 342 g/mol. The standard InChI is InChI=1S/C15H20FN2O.BrH/c1-11(2)18-8-7-17(12(18)3)10-13-9-14(16)5-6-15(13)19-4;/h5-9,11H,10H2,1-4H3;1H/q+1;/p-1. The number of rotatable bonds is 4. The molecule has 1 aromatic heterocycles. The molecule has 0 fully saturated rings. The van der Waals surface area contributed by atoms with Crippen LogP contribution in [0.3, 0.4) is 0 Å². The molecule has 2 aromatic rings. The molecule has 110 valence electrons. The first kappa shape index (κ1) is 16.7. The third-order valence-corrected chi connectivity index (χ3v) is 3.34. The molecule has 1 heterocycles. The summed E-state index contributed by atoms with van der Waals surface area (Å²) in [5.74, 6) is 1.62. The van der Waals surface area contributed by atoms with Crippen molar-refractivity contribution >= 4 is 0 Å². The minimum absolute atomic E-state index is 0. The maximum absolute atomic E-state index is 13.4. The van der Waals surface area contributed by atoms with Gasteiger partial charge in [0.25, 0.3) is 5.82 Å². The van der Waals surface area contributed by atoms with Crippen LogP contribution in [0.15, 0.2) is 30.6 Å². The van der Waals surface area contributed by atoms with Gasteiger partial charge in [0.15, 0.2) is 0 Å². The Balaban J connectivity index is 0.00000200. The van der Waals surface area contributed by atoms with E-state index in [9.17, 15) is 4.39 Å². The average molecular weight is 343 g/mol. The van der Waals surface area contributed by atoms with Gasteiger partial charge in [-0.05, 0) is 32.0 Å². The Kier molecular flexibility index (Phi) is 5.74. The summed E-state index contributed by atoms with van der Waals surface area (Å²) >= 11 is 0. The van der Waals surface area contributed by atoms with Crippen molar-refractivity contribution in [1.29, 1.82) is 0 Å². The normalized spacial score (nSPS) is 10.5. The van der Waals surface area contributed by atoms with Crippen LogP contribution in [0.25, 0.3) is 0 Å². The van der Waals surface area contributed by atoms with E-state index in [4.69, 9.17) is 4.74 Å². The lowest BCUT2D eigenvalue weighted by Gasteiger charge is -2.08. The van der Waals surface area contributed by atoms with Crippen molar-refractivity contribution in [3.63, 3.8) is 0 Å². The van der Waals surface area contributed by atoms with E-state index >= 15 is 0 Å². The number of hydrogen-bond acceptors (Lipinski definition) is 1. The van der Waals surface area contributed by atoms with Crippen molar-refractivity contribution < 1.29 is 30.7 Å². The SMILES string of the molecule is COc1ccc(F)cc1C[n+]1ccn(C(C)C)c1C.[Br-]. The molecular weight excluding hydrogens is 323 g/mol. The van der Waals surface area contributed by atoms with Crippen molar-refractivity contribution in [3.8, 4) is 5.75 Å². The molecule has 0 atom stereocenters. The summed E-state index contributed by atoms with van der Waals surface area (Å²) < 4.78 is 22.9. The Morgan fingerprint density at radius 2 is 2.05 bits per heavy atom. The zero-order valence-corrected chi connectivity index (χ0v) is 13.8. The highest BCUT2D eigenvalue weighted by molar-refractivity contribution is 5.33. The van der Waals surface area contributed by atoms with Gasteiger partial charge in [0.1, 0.15) is 30.5 Å². The molecule has 0 aliphatic carbocycles. The number of hydrogen-bond donors (Lipinski definition) is 0. The van der Waals surface area contributed by atoms with E-state index < -0.39 is 0 Å². The van der Waals surface area contributed by atoms with Gasteiger partial charge in [0.2, 0.25) is 0 Å². The van der Waals surface area contributed by atoms with Crippen LogP contribution in [0.1, 0.15) is 31.3 Å². The molecule has 0 saturated carbocycles. The fraction of sp³-hybridized carbons (Fsp3) is 0.400. The number of halogens is 2.